The van der Waals surface area contributed by atoms with E-state index in [0.717, 1.165) is 66.0 Å². The van der Waals surface area contributed by atoms with Gasteiger partial charge in [-0.25, -0.2) is 0 Å². The van der Waals surface area contributed by atoms with Crippen LogP contribution in [0.4, 0.5) is 5.69 Å². The van der Waals surface area contributed by atoms with Crippen molar-refractivity contribution in [2.75, 3.05) is 37.9 Å². The lowest BCUT2D eigenvalue weighted by Gasteiger charge is -2.24. The van der Waals surface area contributed by atoms with Crippen molar-refractivity contribution in [3.05, 3.63) is 34.9 Å². The molecule has 162 valence electrons. The first-order chi connectivity index (χ1) is 14.6. The summed E-state index contributed by atoms with van der Waals surface area (Å²) >= 11 is 3.16. The van der Waals surface area contributed by atoms with Gasteiger partial charge in [0.05, 0.1) is 12.3 Å². The summed E-state index contributed by atoms with van der Waals surface area (Å²) in [5.74, 6) is 0.0843. The lowest BCUT2D eigenvalue weighted by molar-refractivity contribution is -0.137. The second-order valence-corrected chi connectivity index (χ2v) is 9.16. The van der Waals surface area contributed by atoms with Crippen LogP contribution in [-0.4, -0.2) is 59.6 Å². The van der Waals surface area contributed by atoms with Gasteiger partial charge in [0.15, 0.2) is 5.17 Å². The highest BCUT2D eigenvalue weighted by atomic mass is 32.2. The topological polar surface area (TPSA) is 91.2 Å². The molecule has 30 heavy (non-hydrogen) atoms. The first-order valence-corrected chi connectivity index (χ1v) is 11.9. The van der Waals surface area contributed by atoms with Crippen molar-refractivity contribution in [3.8, 4) is 0 Å². The zero-order valence-corrected chi connectivity index (χ0v) is 18.7. The first-order valence-electron chi connectivity index (χ1n) is 10.1. The molecule has 0 unspecified atom stereocenters. The molecule has 0 aromatic heterocycles. The molecule has 0 saturated heterocycles. The highest BCUT2D eigenvalue weighted by molar-refractivity contribution is 8.18. The van der Waals surface area contributed by atoms with E-state index in [0.29, 0.717) is 11.5 Å². The number of fused-ring (bicyclic) bond motifs is 1. The highest BCUT2D eigenvalue weighted by Crippen LogP contribution is 2.37. The van der Waals surface area contributed by atoms with E-state index < -0.39 is 5.97 Å². The zero-order chi connectivity index (χ0) is 21.3. The Bertz CT molecular complexity index is 824. The molecule has 3 rings (SSSR count). The second kappa shape index (κ2) is 11.4. The molecule has 2 heterocycles. The van der Waals surface area contributed by atoms with E-state index in [2.05, 4.69) is 15.2 Å². The van der Waals surface area contributed by atoms with E-state index in [-0.39, 0.29) is 12.3 Å². The van der Waals surface area contributed by atoms with Gasteiger partial charge in [0, 0.05) is 37.2 Å². The van der Waals surface area contributed by atoms with Crippen molar-refractivity contribution >= 4 is 46.3 Å². The van der Waals surface area contributed by atoms with Crippen molar-refractivity contribution in [3.63, 3.8) is 0 Å². The Balaban J connectivity index is 1.51. The van der Waals surface area contributed by atoms with Crippen molar-refractivity contribution in [2.45, 2.75) is 37.0 Å². The van der Waals surface area contributed by atoms with E-state index in [1.165, 1.54) is 11.8 Å². The van der Waals surface area contributed by atoms with Gasteiger partial charge in [0.2, 0.25) is 0 Å². The van der Waals surface area contributed by atoms with Crippen molar-refractivity contribution in [1.29, 1.82) is 0 Å². The van der Waals surface area contributed by atoms with Crippen molar-refractivity contribution in [1.82, 2.24) is 4.90 Å². The van der Waals surface area contributed by atoms with Crippen molar-refractivity contribution < 1.29 is 19.4 Å². The number of benzene rings is 1. The molecule has 0 atom stereocenters. The number of carboxylic acids is 1. The van der Waals surface area contributed by atoms with Crippen LogP contribution in [0.1, 0.15) is 32.1 Å². The fraction of sp³-hybridized carbons (Fsp3) is 0.476. The Kier molecular flexibility index (Phi) is 8.65. The second-order valence-electron chi connectivity index (χ2n) is 7.01. The van der Waals surface area contributed by atoms with Gasteiger partial charge >= 0.3 is 5.97 Å². The summed E-state index contributed by atoms with van der Waals surface area (Å²) in [6.07, 6.45) is 3.86. The normalized spacial score (nSPS) is 15.8. The minimum absolute atomic E-state index is 0.136. The number of rotatable bonds is 11. The Labute approximate surface area is 185 Å². The largest absolute Gasteiger partial charge is 0.481 e. The molecule has 0 spiro atoms. The number of carboxylic acid groups (broad SMARTS) is 1. The number of hydrogen-bond acceptors (Lipinski definition) is 7. The van der Waals surface area contributed by atoms with Crippen LogP contribution in [0.25, 0.3) is 0 Å². The maximum atomic E-state index is 12.9. The monoisotopic (exact) mass is 449 g/mol. The number of carbonyl (C=O) groups is 2. The van der Waals surface area contributed by atoms with E-state index in [4.69, 9.17) is 9.84 Å². The van der Waals surface area contributed by atoms with Crippen LogP contribution in [0.5, 0.6) is 0 Å². The first kappa shape index (κ1) is 22.7. The number of methoxy groups -OCH3 is 1. The maximum Gasteiger partial charge on any atom is 0.303 e. The van der Waals surface area contributed by atoms with Gasteiger partial charge in [-0.15, -0.1) is 11.8 Å². The number of thioether (sulfide) groups is 2. The summed E-state index contributed by atoms with van der Waals surface area (Å²) in [4.78, 5) is 31.8. The van der Waals surface area contributed by atoms with Gasteiger partial charge in [-0.3, -0.25) is 14.6 Å². The van der Waals surface area contributed by atoms with Gasteiger partial charge in [-0.2, -0.15) is 0 Å². The number of amides is 1. The number of anilines is 1. The molecule has 1 amide bonds. The zero-order valence-electron chi connectivity index (χ0n) is 17.1. The van der Waals surface area contributed by atoms with E-state index in [1.807, 2.05) is 24.3 Å². The van der Waals surface area contributed by atoms with E-state index >= 15 is 0 Å². The minimum atomic E-state index is -0.731. The molecule has 0 radical (unpaired) electrons. The number of hydrogen-bond donors (Lipinski definition) is 2. The van der Waals surface area contributed by atoms with Gasteiger partial charge in [-0.05, 0) is 61.0 Å². The van der Waals surface area contributed by atoms with Crippen LogP contribution in [0, 0.1) is 0 Å². The molecular weight excluding hydrogens is 422 g/mol. The van der Waals surface area contributed by atoms with Crippen LogP contribution >= 0.6 is 23.5 Å². The predicted octanol–water partition coefficient (Wildman–Crippen LogP) is 4.03. The van der Waals surface area contributed by atoms with Crippen LogP contribution in [0.15, 0.2) is 44.8 Å². The number of amidine groups is 1. The third-order valence-electron chi connectivity index (χ3n) is 4.70. The Hall–Kier alpha value is -1.97. The molecule has 0 saturated carbocycles. The summed E-state index contributed by atoms with van der Waals surface area (Å²) in [7, 11) is 1.63. The third-order valence-corrected chi connectivity index (χ3v) is 6.96. The Morgan fingerprint density at radius 3 is 2.80 bits per heavy atom. The average molecular weight is 450 g/mol. The molecule has 2 N–H and O–H groups in total. The number of aliphatic imine (C=N–C) groups is 1. The Morgan fingerprint density at radius 2 is 2.07 bits per heavy atom. The number of nitrogens with one attached hydrogen (secondary N) is 1. The molecule has 2 aliphatic rings. The molecule has 0 bridgehead atoms. The summed E-state index contributed by atoms with van der Waals surface area (Å²) in [5.41, 5.74) is 1.64. The number of unbranched alkanes of at least 4 members (excludes halogenated alkanes) is 2. The quantitative estimate of drug-likeness (QED) is 0.389. The molecule has 0 fully saturated rings. The summed E-state index contributed by atoms with van der Waals surface area (Å²) in [6.45, 7) is 2.05. The number of aliphatic carboxylic acids is 1. The van der Waals surface area contributed by atoms with Crippen LogP contribution in [-0.2, 0) is 14.3 Å². The average Bonchev–Trinajstić information content (AvgIpc) is 3.11. The lowest BCUT2D eigenvalue weighted by atomic mass is 10.2. The van der Waals surface area contributed by atoms with Gasteiger partial charge in [0.1, 0.15) is 4.91 Å². The predicted molar refractivity (Wildman–Crippen MR) is 122 cm³/mol. The fourth-order valence-electron chi connectivity index (χ4n) is 3.22. The summed E-state index contributed by atoms with van der Waals surface area (Å²) in [5, 5.41) is 12.5. The number of nitrogens with zero attached hydrogens (tertiary/aromatic N) is 2. The molecule has 1 aromatic carbocycles. The smallest absolute Gasteiger partial charge is 0.303 e. The lowest BCUT2D eigenvalue weighted by Crippen LogP contribution is -2.31. The summed E-state index contributed by atoms with van der Waals surface area (Å²) < 4.78 is 5.32. The molecule has 7 nitrogen and oxygen atoms in total. The van der Waals surface area contributed by atoms with Gasteiger partial charge < -0.3 is 20.1 Å². The van der Waals surface area contributed by atoms with Crippen LogP contribution < -0.4 is 5.32 Å². The van der Waals surface area contributed by atoms with E-state index in [9.17, 15) is 9.59 Å². The molecular formula is C21H27N3O4S2. The fourth-order valence-corrected chi connectivity index (χ4v) is 5.21. The number of ether oxygens (including phenoxy) is 1. The minimum Gasteiger partial charge on any atom is -0.481 e. The molecule has 9 heteroatoms. The standard InChI is InChI=1S/C21H27N3O4S2/c1-28-14-17-19(30-21-22-11-5-12-24(17)21)20(27)23-15-7-9-16(10-8-15)29-13-4-2-3-6-18(25)26/h7-10H,2-6,11-14H2,1H3,(H,23,27)(H,25,26). The van der Waals surface area contributed by atoms with E-state index in [1.54, 1.807) is 18.9 Å². The summed E-state index contributed by atoms with van der Waals surface area (Å²) in [6, 6.07) is 7.81. The molecule has 1 aromatic rings. The molecule has 2 aliphatic heterocycles. The third kappa shape index (κ3) is 6.26. The van der Waals surface area contributed by atoms with Crippen LogP contribution in [0.3, 0.4) is 0 Å². The van der Waals surface area contributed by atoms with Crippen LogP contribution in [0.2, 0.25) is 0 Å². The number of carbonyl (C=O) groups excluding carboxylic acids is 1. The maximum absolute atomic E-state index is 12.9. The molecule has 0 aliphatic carbocycles. The SMILES string of the molecule is COCC1=C(C(=O)Nc2ccc(SCCCCCC(=O)O)cc2)SC2=NCCCN21. The van der Waals surface area contributed by atoms with Gasteiger partial charge in [0.25, 0.3) is 5.91 Å². The van der Waals surface area contributed by atoms with Gasteiger partial charge in [-0.1, -0.05) is 6.42 Å². The Morgan fingerprint density at radius 1 is 1.27 bits per heavy atom. The highest BCUT2D eigenvalue weighted by Gasteiger charge is 2.34. The van der Waals surface area contributed by atoms with Crippen molar-refractivity contribution in [2.24, 2.45) is 4.99 Å².